The number of fused-ring (bicyclic) bond motifs is 5. The summed E-state index contributed by atoms with van der Waals surface area (Å²) in [5.41, 5.74) is 1.16. The minimum atomic E-state index is -4.60. The molecule has 3 saturated carbocycles. The Kier molecular flexibility index (Phi) is 7.32. The summed E-state index contributed by atoms with van der Waals surface area (Å²) in [4.78, 5) is 25.6. The van der Waals surface area contributed by atoms with Crippen molar-refractivity contribution in [1.29, 1.82) is 0 Å². The summed E-state index contributed by atoms with van der Waals surface area (Å²) < 4.78 is 52.5. The molecule has 8 heteroatoms. The van der Waals surface area contributed by atoms with Crippen molar-refractivity contribution < 1.29 is 32.2 Å². The lowest BCUT2D eigenvalue weighted by molar-refractivity contribution is -0.283. The van der Waals surface area contributed by atoms with E-state index in [0.29, 0.717) is 43.6 Å². The van der Waals surface area contributed by atoms with Gasteiger partial charge < -0.3 is 14.8 Å². The summed E-state index contributed by atoms with van der Waals surface area (Å²) in [7, 11) is 0. The lowest BCUT2D eigenvalue weighted by atomic mass is 9.47. The minimum absolute atomic E-state index is 0.0610. The second-order valence-electron chi connectivity index (χ2n) is 12.8. The van der Waals surface area contributed by atoms with Crippen molar-refractivity contribution in [1.82, 2.24) is 5.32 Å². The first-order chi connectivity index (χ1) is 17.4. The third-order valence-electron chi connectivity index (χ3n) is 10.9. The molecule has 4 fully saturated rings. The Balaban J connectivity index is 1.28. The van der Waals surface area contributed by atoms with Gasteiger partial charge in [-0.05, 0) is 106 Å². The fraction of sp³-hybridized carbons (Fsp3) is 0.862. The van der Waals surface area contributed by atoms with Crippen molar-refractivity contribution >= 4 is 11.7 Å². The number of amides is 1. The molecule has 0 bridgehead atoms. The van der Waals surface area contributed by atoms with Crippen LogP contribution in [0.1, 0.15) is 91.4 Å². The second kappa shape index (κ2) is 9.96. The van der Waals surface area contributed by atoms with Gasteiger partial charge in [0.05, 0.1) is 6.04 Å². The van der Waals surface area contributed by atoms with Gasteiger partial charge >= 0.3 is 6.18 Å². The van der Waals surface area contributed by atoms with E-state index in [1.54, 1.807) is 0 Å². The van der Waals surface area contributed by atoms with E-state index in [1.807, 2.05) is 6.08 Å². The van der Waals surface area contributed by atoms with Crippen molar-refractivity contribution in [3.63, 3.8) is 0 Å². The van der Waals surface area contributed by atoms with Gasteiger partial charge in [-0.25, -0.2) is 0 Å². The Morgan fingerprint density at radius 1 is 1.08 bits per heavy atom. The van der Waals surface area contributed by atoms with Gasteiger partial charge in [-0.15, -0.1) is 0 Å². The highest BCUT2D eigenvalue weighted by Gasteiger charge is 2.60. The summed E-state index contributed by atoms with van der Waals surface area (Å²) in [5.74, 6) is 1.08. The van der Waals surface area contributed by atoms with E-state index in [2.05, 4.69) is 19.2 Å². The fourth-order valence-electron chi connectivity index (χ4n) is 8.85. The van der Waals surface area contributed by atoms with Crippen molar-refractivity contribution in [2.45, 2.75) is 116 Å². The summed E-state index contributed by atoms with van der Waals surface area (Å²) >= 11 is 0. The average Bonchev–Trinajstić information content (AvgIpc) is 3.20. The topological polar surface area (TPSA) is 64.6 Å². The zero-order chi connectivity index (χ0) is 26.6. The summed E-state index contributed by atoms with van der Waals surface area (Å²) in [6, 6.07) is -1.20. The van der Waals surface area contributed by atoms with Crippen LogP contribution in [0.25, 0.3) is 0 Å². The monoisotopic (exact) mass is 525 g/mol. The number of alkyl halides is 3. The molecule has 0 aromatic rings. The Morgan fingerprint density at radius 2 is 1.86 bits per heavy atom. The molecule has 1 heterocycles. The van der Waals surface area contributed by atoms with Crippen LogP contribution in [0.3, 0.4) is 0 Å². The number of ether oxygens (including phenoxy) is 2. The third-order valence-corrected chi connectivity index (χ3v) is 10.9. The van der Waals surface area contributed by atoms with Crippen LogP contribution in [0.4, 0.5) is 13.2 Å². The molecular weight excluding hydrogens is 483 g/mol. The van der Waals surface area contributed by atoms with Crippen LogP contribution in [-0.2, 0) is 19.1 Å². The first-order valence-electron chi connectivity index (χ1n) is 14.3. The van der Waals surface area contributed by atoms with E-state index in [4.69, 9.17) is 9.47 Å². The lowest BCUT2D eigenvalue weighted by Gasteiger charge is -2.58. The number of hydrogen-bond acceptors (Lipinski definition) is 4. The number of carbonyl (C=O) groups is 2. The van der Waals surface area contributed by atoms with E-state index >= 15 is 0 Å². The van der Waals surface area contributed by atoms with Crippen LogP contribution < -0.4 is 5.32 Å². The second-order valence-corrected chi connectivity index (χ2v) is 12.8. The van der Waals surface area contributed by atoms with Crippen LogP contribution in [-0.4, -0.2) is 42.9 Å². The number of hydrogen-bond donors (Lipinski definition) is 1. The van der Waals surface area contributed by atoms with Crippen LogP contribution in [0, 0.1) is 34.5 Å². The van der Waals surface area contributed by atoms with Gasteiger partial charge in [-0.3, -0.25) is 9.59 Å². The van der Waals surface area contributed by atoms with Gasteiger partial charge in [-0.1, -0.05) is 19.4 Å². The van der Waals surface area contributed by atoms with Crippen molar-refractivity contribution in [3.05, 3.63) is 11.6 Å². The molecule has 1 N–H and O–H groups in total. The molecule has 37 heavy (non-hydrogen) atoms. The molecule has 0 spiro atoms. The number of rotatable bonds is 5. The lowest BCUT2D eigenvalue weighted by Crippen LogP contribution is -2.55. The molecule has 9 atom stereocenters. The fourth-order valence-corrected chi connectivity index (χ4v) is 8.85. The maximum atomic E-state index is 13.9. The number of nitrogens with one attached hydrogen (secondary N) is 1. The third kappa shape index (κ3) is 4.90. The van der Waals surface area contributed by atoms with Crippen molar-refractivity contribution in [2.75, 3.05) is 6.61 Å². The Hall–Kier alpha value is -1.41. The Morgan fingerprint density at radius 3 is 2.57 bits per heavy atom. The molecule has 4 unspecified atom stereocenters. The van der Waals surface area contributed by atoms with E-state index < -0.39 is 24.6 Å². The highest BCUT2D eigenvalue weighted by molar-refractivity contribution is 5.91. The van der Waals surface area contributed by atoms with E-state index in [1.165, 1.54) is 12.5 Å². The molecule has 1 aliphatic heterocycles. The smallest absolute Gasteiger partial charge is 0.353 e. The average molecular weight is 526 g/mol. The maximum absolute atomic E-state index is 13.9. The SMILES string of the molecule is CC(NC(=O)C1CC[C@H]2[C@@H]3CCC4=CC(=O)CC[C@]4(C)[C@@H]3CC[C@]12C)C(OC1CCCCO1)C(F)(F)F. The maximum Gasteiger partial charge on any atom is 0.416 e. The first-order valence-corrected chi connectivity index (χ1v) is 14.3. The number of ketones is 1. The van der Waals surface area contributed by atoms with E-state index in [0.717, 1.165) is 51.4 Å². The molecule has 5 rings (SSSR count). The van der Waals surface area contributed by atoms with Gasteiger partial charge in [0.2, 0.25) is 5.91 Å². The van der Waals surface area contributed by atoms with E-state index in [9.17, 15) is 22.8 Å². The van der Waals surface area contributed by atoms with Crippen LogP contribution in [0.15, 0.2) is 11.6 Å². The van der Waals surface area contributed by atoms with Crippen LogP contribution >= 0.6 is 0 Å². The molecule has 1 saturated heterocycles. The standard InChI is InChI=1S/C29H42F3NO4/c1-17(25(29(30,31)32)37-24-6-4-5-15-36-24)33-26(35)23-10-9-21-20-8-7-18-16-19(34)11-13-27(18,2)22(20)12-14-28(21,23)3/h16-17,20-25H,4-15H2,1-3H3,(H,33,35)/t17?,20-,21-,22+,23?,24?,25?,27-,28-/m0/s1. The molecule has 0 radical (unpaired) electrons. The van der Waals surface area contributed by atoms with Crippen molar-refractivity contribution in [2.24, 2.45) is 34.5 Å². The number of halogens is 3. The van der Waals surface area contributed by atoms with Crippen molar-refractivity contribution in [3.8, 4) is 0 Å². The number of carbonyl (C=O) groups excluding carboxylic acids is 2. The molecule has 208 valence electrons. The van der Waals surface area contributed by atoms with Gasteiger partial charge in [0.15, 0.2) is 18.2 Å². The van der Waals surface area contributed by atoms with Gasteiger partial charge in [0.1, 0.15) is 0 Å². The molecular formula is C29H42F3NO4. The summed E-state index contributed by atoms with van der Waals surface area (Å²) in [6.45, 7) is 6.32. The molecule has 0 aromatic carbocycles. The minimum Gasteiger partial charge on any atom is -0.353 e. The van der Waals surface area contributed by atoms with Gasteiger partial charge in [0.25, 0.3) is 0 Å². The van der Waals surface area contributed by atoms with Crippen LogP contribution in [0.2, 0.25) is 0 Å². The molecule has 5 aliphatic rings. The first kappa shape index (κ1) is 27.2. The largest absolute Gasteiger partial charge is 0.416 e. The molecule has 0 aromatic heterocycles. The Labute approximate surface area is 218 Å². The Bertz CT molecular complexity index is 929. The highest BCUT2D eigenvalue weighted by atomic mass is 19.4. The predicted molar refractivity (Wildman–Crippen MR) is 132 cm³/mol. The highest BCUT2D eigenvalue weighted by Crippen LogP contribution is 2.66. The summed E-state index contributed by atoms with van der Waals surface area (Å²) in [5, 5.41) is 2.72. The predicted octanol–water partition coefficient (Wildman–Crippen LogP) is 6.11. The zero-order valence-corrected chi connectivity index (χ0v) is 22.4. The van der Waals surface area contributed by atoms with E-state index in [-0.39, 0.29) is 28.4 Å². The van der Waals surface area contributed by atoms with Crippen LogP contribution in [0.5, 0.6) is 0 Å². The van der Waals surface area contributed by atoms with Gasteiger partial charge in [-0.2, -0.15) is 13.2 Å². The number of allylic oxidation sites excluding steroid dienone is 1. The zero-order valence-electron chi connectivity index (χ0n) is 22.4. The molecule has 4 aliphatic carbocycles. The quantitative estimate of drug-likeness (QED) is 0.470. The summed E-state index contributed by atoms with van der Waals surface area (Å²) in [6.07, 6.45) is 3.40. The van der Waals surface area contributed by atoms with Gasteiger partial charge in [0, 0.05) is 18.9 Å². The molecule has 5 nitrogen and oxygen atoms in total. The normalized spacial score (nSPS) is 41.6. The molecule has 1 amide bonds.